The summed E-state index contributed by atoms with van der Waals surface area (Å²) in [5, 5.41) is 10.6. The molecule has 128 valence electrons. The van der Waals surface area contributed by atoms with Crippen LogP contribution in [-0.4, -0.2) is 50.2 Å². The van der Waals surface area contributed by atoms with Crippen molar-refractivity contribution in [2.24, 2.45) is 5.92 Å². The van der Waals surface area contributed by atoms with Gasteiger partial charge in [-0.2, -0.15) is 5.26 Å². The van der Waals surface area contributed by atoms with Gasteiger partial charge in [-0.05, 0) is 31.7 Å². The lowest BCUT2D eigenvalue weighted by atomic mass is 10.2. The van der Waals surface area contributed by atoms with Gasteiger partial charge >= 0.3 is 0 Å². The van der Waals surface area contributed by atoms with E-state index in [1.807, 2.05) is 6.92 Å². The van der Waals surface area contributed by atoms with Crippen molar-refractivity contribution < 1.29 is 13.2 Å². The van der Waals surface area contributed by atoms with E-state index in [1.165, 1.54) is 22.7 Å². The molecule has 0 aliphatic rings. The van der Waals surface area contributed by atoms with Gasteiger partial charge in [0.05, 0.1) is 12.0 Å². The van der Waals surface area contributed by atoms with Gasteiger partial charge in [-0.1, -0.05) is 6.07 Å². The summed E-state index contributed by atoms with van der Waals surface area (Å²) < 4.78 is 26.1. The second kappa shape index (κ2) is 9.01. The van der Waals surface area contributed by atoms with Gasteiger partial charge in [0, 0.05) is 33.1 Å². The van der Waals surface area contributed by atoms with Crippen molar-refractivity contribution in [2.75, 3.05) is 26.7 Å². The minimum Gasteiger partial charge on any atom is -0.342 e. The summed E-state index contributed by atoms with van der Waals surface area (Å²) in [6.45, 7) is 4.90. The molecular formula is C15H23N3O3S2. The third kappa shape index (κ3) is 5.61. The van der Waals surface area contributed by atoms with Crippen LogP contribution in [-0.2, 0) is 14.8 Å². The van der Waals surface area contributed by atoms with Crippen LogP contribution in [0.4, 0.5) is 0 Å². The molecule has 1 aromatic rings. The molecule has 0 saturated heterocycles. The lowest BCUT2D eigenvalue weighted by Gasteiger charge is -2.22. The van der Waals surface area contributed by atoms with Gasteiger partial charge in [-0.25, -0.2) is 12.7 Å². The minimum atomic E-state index is -3.46. The number of sulfonamides is 1. The fourth-order valence-corrected chi connectivity index (χ4v) is 4.48. The summed E-state index contributed by atoms with van der Waals surface area (Å²) in [5.41, 5.74) is 0. The van der Waals surface area contributed by atoms with Crippen LogP contribution in [0, 0.1) is 17.2 Å². The average molecular weight is 358 g/mol. The smallest absolute Gasteiger partial charge is 0.252 e. The molecule has 0 radical (unpaired) electrons. The molecular weight excluding hydrogens is 334 g/mol. The molecule has 1 aromatic heterocycles. The molecule has 0 bridgehead atoms. The molecule has 0 N–H and O–H groups in total. The molecule has 1 amide bonds. The van der Waals surface area contributed by atoms with E-state index in [1.54, 1.807) is 29.3 Å². The van der Waals surface area contributed by atoms with Crippen molar-refractivity contribution in [3.8, 4) is 6.07 Å². The summed E-state index contributed by atoms with van der Waals surface area (Å²) in [5.74, 6) is -0.252. The largest absolute Gasteiger partial charge is 0.342 e. The molecule has 0 fully saturated rings. The van der Waals surface area contributed by atoms with Crippen molar-refractivity contribution in [2.45, 2.75) is 30.9 Å². The van der Waals surface area contributed by atoms with Crippen molar-refractivity contribution in [3.63, 3.8) is 0 Å². The number of hydrogen-bond acceptors (Lipinski definition) is 5. The van der Waals surface area contributed by atoms with Crippen molar-refractivity contribution in [1.29, 1.82) is 5.26 Å². The predicted molar refractivity (Wildman–Crippen MR) is 90.4 cm³/mol. The molecule has 6 nitrogen and oxygen atoms in total. The van der Waals surface area contributed by atoms with Crippen molar-refractivity contribution >= 4 is 27.3 Å². The third-order valence-corrected chi connectivity index (χ3v) is 6.70. The van der Waals surface area contributed by atoms with Gasteiger partial charge < -0.3 is 4.90 Å². The molecule has 8 heteroatoms. The van der Waals surface area contributed by atoms with Crippen LogP contribution in [0.2, 0.25) is 0 Å². The maximum atomic E-state index is 12.2. The van der Waals surface area contributed by atoms with Crippen LogP contribution < -0.4 is 0 Å². The highest BCUT2D eigenvalue weighted by atomic mass is 32.2. The lowest BCUT2D eigenvalue weighted by Crippen LogP contribution is -2.35. The van der Waals surface area contributed by atoms with Gasteiger partial charge in [0.15, 0.2) is 0 Å². The minimum absolute atomic E-state index is 0.0449. The van der Waals surface area contributed by atoms with Gasteiger partial charge in [0.1, 0.15) is 4.21 Å². The Morgan fingerprint density at radius 1 is 1.48 bits per heavy atom. The molecule has 0 spiro atoms. The molecule has 0 aliphatic heterocycles. The number of thiophene rings is 1. The Labute approximate surface area is 142 Å². The SMILES string of the molecule is CCN(C[C@@H](C)C#N)C(=O)CCCN(C)S(=O)(=O)c1cccs1. The Hall–Kier alpha value is -1.43. The highest BCUT2D eigenvalue weighted by Gasteiger charge is 2.22. The van der Waals surface area contributed by atoms with Gasteiger partial charge in [-0.15, -0.1) is 11.3 Å². The van der Waals surface area contributed by atoms with E-state index in [0.717, 1.165) is 0 Å². The summed E-state index contributed by atoms with van der Waals surface area (Å²) in [6, 6.07) is 5.39. The summed E-state index contributed by atoms with van der Waals surface area (Å²) in [6.07, 6.45) is 0.730. The Morgan fingerprint density at radius 3 is 2.70 bits per heavy atom. The quantitative estimate of drug-likeness (QED) is 0.678. The summed E-state index contributed by atoms with van der Waals surface area (Å²) >= 11 is 1.18. The van der Waals surface area contributed by atoms with Crippen molar-refractivity contribution in [3.05, 3.63) is 17.5 Å². The molecule has 1 atom stereocenters. The maximum absolute atomic E-state index is 12.2. The topological polar surface area (TPSA) is 81.5 Å². The Balaban J connectivity index is 2.49. The van der Waals surface area contributed by atoms with Gasteiger partial charge in [-0.3, -0.25) is 4.79 Å². The monoisotopic (exact) mass is 357 g/mol. The van der Waals surface area contributed by atoms with E-state index in [0.29, 0.717) is 23.7 Å². The molecule has 0 saturated carbocycles. The third-order valence-electron chi connectivity index (χ3n) is 3.47. The van der Waals surface area contributed by atoms with Gasteiger partial charge in [0.25, 0.3) is 10.0 Å². The van der Waals surface area contributed by atoms with Crippen LogP contribution in [0.5, 0.6) is 0 Å². The molecule has 0 aromatic carbocycles. The molecule has 1 heterocycles. The highest BCUT2D eigenvalue weighted by molar-refractivity contribution is 7.91. The van der Waals surface area contributed by atoms with Crippen LogP contribution in [0.1, 0.15) is 26.7 Å². The fourth-order valence-electron chi connectivity index (χ4n) is 2.07. The predicted octanol–water partition coefficient (Wildman–Crippen LogP) is 2.16. The number of nitrogens with zero attached hydrogens (tertiary/aromatic N) is 3. The summed E-state index contributed by atoms with van der Waals surface area (Å²) in [4.78, 5) is 13.8. The average Bonchev–Trinajstić information content (AvgIpc) is 3.06. The fraction of sp³-hybridized carbons (Fsp3) is 0.600. The first kappa shape index (κ1) is 19.6. The number of amides is 1. The van der Waals surface area contributed by atoms with E-state index in [2.05, 4.69) is 6.07 Å². The second-order valence-electron chi connectivity index (χ2n) is 5.32. The normalized spacial score (nSPS) is 12.8. The maximum Gasteiger partial charge on any atom is 0.252 e. The van der Waals surface area contributed by atoms with Crippen molar-refractivity contribution in [1.82, 2.24) is 9.21 Å². The molecule has 1 rings (SSSR count). The number of hydrogen-bond donors (Lipinski definition) is 0. The first-order valence-electron chi connectivity index (χ1n) is 7.50. The summed E-state index contributed by atoms with van der Waals surface area (Å²) in [7, 11) is -1.94. The standard InChI is InChI=1S/C15H23N3O3S2/c1-4-18(12-13(2)11-16)14(19)7-5-9-17(3)23(20,21)15-8-6-10-22-15/h6,8,10,13H,4-5,7,9,12H2,1-3H3/t13-/m0/s1. The van der Waals surface area contributed by atoms with Crippen LogP contribution >= 0.6 is 11.3 Å². The molecule has 0 unspecified atom stereocenters. The molecule has 0 aliphatic carbocycles. The highest BCUT2D eigenvalue weighted by Crippen LogP contribution is 2.20. The number of carbonyl (C=O) groups is 1. The van der Waals surface area contributed by atoms with Crippen LogP contribution in [0.25, 0.3) is 0 Å². The molecule has 23 heavy (non-hydrogen) atoms. The van der Waals surface area contributed by atoms with E-state index in [9.17, 15) is 13.2 Å². The van der Waals surface area contributed by atoms with Crippen LogP contribution in [0.15, 0.2) is 21.7 Å². The van der Waals surface area contributed by atoms with E-state index < -0.39 is 10.0 Å². The Morgan fingerprint density at radius 2 is 2.17 bits per heavy atom. The number of carbonyl (C=O) groups excluding carboxylic acids is 1. The lowest BCUT2D eigenvalue weighted by molar-refractivity contribution is -0.131. The van der Waals surface area contributed by atoms with Gasteiger partial charge in [0.2, 0.25) is 5.91 Å². The zero-order chi connectivity index (χ0) is 17.5. The zero-order valence-corrected chi connectivity index (χ0v) is 15.4. The van der Waals surface area contributed by atoms with E-state index in [-0.39, 0.29) is 24.8 Å². The second-order valence-corrected chi connectivity index (χ2v) is 8.54. The zero-order valence-electron chi connectivity index (χ0n) is 13.7. The number of rotatable bonds is 9. The van der Waals surface area contributed by atoms with E-state index >= 15 is 0 Å². The first-order chi connectivity index (χ1) is 10.8. The van der Waals surface area contributed by atoms with Crippen LogP contribution in [0.3, 0.4) is 0 Å². The Bertz CT molecular complexity index is 635. The number of nitriles is 1. The first-order valence-corrected chi connectivity index (χ1v) is 9.82. The van der Waals surface area contributed by atoms with E-state index in [4.69, 9.17) is 5.26 Å². The Kier molecular flexibility index (Phi) is 7.68.